The van der Waals surface area contributed by atoms with Crippen molar-refractivity contribution >= 4 is 17.7 Å². The third-order valence-corrected chi connectivity index (χ3v) is 5.72. The zero-order valence-electron chi connectivity index (χ0n) is 18.6. The van der Waals surface area contributed by atoms with Gasteiger partial charge in [-0.15, -0.1) is 0 Å². The predicted octanol–water partition coefficient (Wildman–Crippen LogP) is 5.67. The molecule has 0 saturated carbocycles. The first-order valence-electron chi connectivity index (χ1n) is 10.7. The van der Waals surface area contributed by atoms with Gasteiger partial charge in [0, 0.05) is 24.2 Å². The Morgan fingerprint density at radius 1 is 1.28 bits per heavy atom. The SMILES string of the molecule is CCOC(=O)N1CCc2c(ccc(-c3noc(-c4ccc(OC(C)C)c(Cl)c4)n3)c2C)C1. The molecule has 1 aliphatic heterocycles. The van der Waals surface area contributed by atoms with Crippen molar-refractivity contribution in [3.05, 3.63) is 52.0 Å². The van der Waals surface area contributed by atoms with Crippen LogP contribution in [0.1, 0.15) is 37.5 Å². The number of hydrogen-bond acceptors (Lipinski definition) is 6. The summed E-state index contributed by atoms with van der Waals surface area (Å²) in [4.78, 5) is 18.4. The van der Waals surface area contributed by atoms with Gasteiger partial charge in [-0.25, -0.2) is 4.79 Å². The fraction of sp³-hybridized carbons (Fsp3) is 0.375. The molecular weight excluding hydrogens is 430 g/mol. The summed E-state index contributed by atoms with van der Waals surface area (Å²) in [5.74, 6) is 1.53. The lowest BCUT2D eigenvalue weighted by molar-refractivity contribution is 0.102. The summed E-state index contributed by atoms with van der Waals surface area (Å²) in [6.07, 6.45) is 0.515. The van der Waals surface area contributed by atoms with E-state index in [0.29, 0.717) is 42.2 Å². The highest BCUT2D eigenvalue weighted by Gasteiger charge is 2.25. The Labute approximate surface area is 192 Å². The molecule has 4 rings (SSSR count). The molecule has 0 spiro atoms. The van der Waals surface area contributed by atoms with Gasteiger partial charge in [0.15, 0.2) is 0 Å². The van der Waals surface area contributed by atoms with Crippen LogP contribution in [0.5, 0.6) is 5.75 Å². The number of carbonyl (C=O) groups is 1. The minimum atomic E-state index is -0.272. The quantitative estimate of drug-likeness (QED) is 0.493. The van der Waals surface area contributed by atoms with Gasteiger partial charge in [-0.2, -0.15) is 4.98 Å². The number of nitrogens with zero attached hydrogens (tertiary/aromatic N) is 3. The van der Waals surface area contributed by atoms with E-state index in [1.54, 1.807) is 17.0 Å². The smallest absolute Gasteiger partial charge is 0.410 e. The Hall–Kier alpha value is -3.06. The molecule has 0 atom stereocenters. The highest BCUT2D eigenvalue weighted by Crippen LogP contribution is 2.33. The molecule has 1 amide bonds. The zero-order valence-corrected chi connectivity index (χ0v) is 19.4. The molecule has 7 nitrogen and oxygen atoms in total. The number of rotatable bonds is 5. The molecule has 0 N–H and O–H groups in total. The normalized spacial score (nSPS) is 13.2. The third kappa shape index (κ3) is 4.43. The van der Waals surface area contributed by atoms with Crippen LogP contribution in [0.3, 0.4) is 0 Å². The van der Waals surface area contributed by atoms with E-state index >= 15 is 0 Å². The molecule has 2 heterocycles. The van der Waals surface area contributed by atoms with Gasteiger partial charge in [0.25, 0.3) is 5.89 Å². The number of carbonyl (C=O) groups excluding carboxylic acids is 1. The molecule has 168 valence electrons. The van der Waals surface area contributed by atoms with E-state index < -0.39 is 0 Å². The molecule has 8 heteroatoms. The topological polar surface area (TPSA) is 77.7 Å². The molecule has 1 aliphatic rings. The van der Waals surface area contributed by atoms with E-state index in [4.69, 9.17) is 25.6 Å². The maximum absolute atomic E-state index is 12.1. The van der Waals surface area contributed by atoms with Crippen LogP contribution in [-0.2, 0) is 17.7 Å². The molecular formula is C24H26ClN3O4. The molecule has 32 heavy (non-hydrogen) atoms. The molecule has 2 aromatic carbocycles. The average molecular weight is 456 g/mol. The lowest BCUT2D eigenvalue weighted by Gasteiger charge is -2.29. The maximum atomic E-state index is 12.1. The third-order valence-electron chi connectivity index (χ3n) is 5.42. The first-order chi connectivity index (χ1) is 15.4. The van der Waals surface area contributed by atoms with E-state index in [0.717, 1.165) is 28.7 Å². The number of fused-ring (bicyclic) bond motifs is 1. The number of benzene rings is 2. The number of amides is 1. The Morgan fingerprint density at radius 2 is 2.09 bits per heavy atom. The highest BCUT2D eigenvalue weighted by atomic mass is 35.5. The zero-order chi connectivity index (χ0) is 22.8. The van der Waals surface area contributed by atoms with Crippen LogP contribution in [-0.4, -0.2) is 40.4 Å². The van der Waals surface area contributed by atoms with Crippen molar-refractivity contribution in [2.24, 2.45) is 0 Å². The Bertz CT molecular complexity index is 1140. The van der Waals surface area contributed by atoms with Crippen molar-refractivity contribution in [3.8, 4) is 28.6 Å². The van der Waals surface area contributed by atoms with Crippen molar-refractivity contribution in [1.82, 2.24) is 15.0 Å². The summed E-state index contributed by atoms with van der Waals surface area (Å²) in [6.45, 7) is 9.30. The molecule has 0 aliphatic carbocycles. The van der Waals surface area contributed by atoms with Gasteiger partial charge in [0.1, 0.15) is 5.75 Å². The van der Waals surface area contributed by atoms with Gasteiger partial charge in [-0.3, -0.25) is 0 Å². The number of aromatic nitrogens is 2. The summed E-state index contributed by atoms with van der Waals surface area (Å²) in [6, 6.07) is 9.42. The van der Waals surface area contributed by atoms with Gasteiger partial charge in [-0.05, 0) is 69.0 Å². The van der Waals surface area contributed by atoms with Gasteiger partial charge in [0.2, 0.25) is 5.82 Å². The summed E-state index contributed by atoms with van der Waals surface area (Å²) >= 11 is 6.35. The van der Waals surface area contributed by atoms with Crippen molar-refractivity contribution in [1.29, 1.82) is 0 Å². The van der Waals surface area contributed by atoms with Gasteiger partial charge < -0.3 is 18.9 Å². The van der Waals surface area contributed by atoms with Gasteiger partial charge >= 0.3 is 6.09 Å². The van der Waals surface area contributed by atoms with Crippen molar-refractivity contribution in [2.75, 3.05) is 13.2 Å². The maximum Gasteiger partial charge on any atom is 0.410 e. The van der Waals surface area contributed by atoms with E-state index in [9.17, 15) is 4.79 Å². The summed E-state index contributed by atoms with van der Waals surface area (Å²) in [5.41, 5.74) is 5.06. The van der Waals surface area contributed by atoms with Gasteiger partial charge in [0.05, 0.1) is 17.7 Å². The summed E-state index contributed by atoms with van der Waals surface area (Å²) in [7, 11) is 0. The van der Waals surface area contributed by atoms with E-state index in [2.05, 4.69) is 17.1 Å². The summed E-state index contributed by atoms with van der Waals surface area (Å²) in [5, 5.41) is 4.69. The van der Waals surface area contributed by atoms with Crippen LogP contribution in [0.15, 0.2) is 34.9 Å². The largest absolute Gasteiger partial charge is 0.489 e. The Morgan fingerprint density at radius 3 is 2.81 bits per heavy atom. The van der Waals surface area contributed by atoms with Crippen molar-refractivity contribution in [2.45, 2.75) is 46.8 Å². The molecule has 0 unspecified atom stereocenters. The van der Waals surface area contributed by atoms with Crippen molar-refractivity contribution < 1.29 is 18.8 Å². The van der Waals surface area contributed by atoms with Crippen LogP contribution in [0.2, 0.25) is 5.02 Å². The minimum absolute atomic E-state index is 0.0321. The number of ether oxygens (including phenoxy) is 2. The fourth-order valence-corrected chi connectivity index (χ4v) is 4.11. The van der Waals surface area contributed by atoms with E-state index in [-0.39, 0.29) is 12.2 Å². The molecule has 0 saturated heterocycles. The Kier molecular flexibility index (Phi) is 6.37. The second kappa shape index (κ2) is 9.20. The minimum Gasteiger partial charge on any atom is -0.489 e. The summed E-state index contributed by atoms with van der Waals surface area (Å²) < 4.78 is 16.3. The van der Waals surface area contributed by atoms with Gasteiger partial charge in [-0.1, -0.05) is 28.9 Å². The highest BCUT2D eigenvalue weighted by molar-refractivity contribution is 6.32. The second-order valence-corrected chi connectivity index (χ2v) is 8.39. The standard InChI is InChI=1S/C24H26ClN3O4/c1-5-30-24(29)28-11-10-18-15(4)19(8-6-17(18)13-28)22-26-23(32-27-22)16-7-9-21(20(25)12-16)31-14(2)3/h6-9,12,14H,5,10-11,13H2,1-4H3. The van der Waals surface area contributed by atoms with E-state index in [1.807, 2.05) is 39.0 Å². The average Bonchev–Trinajstić information content (AvgIpc) is 3.25. The van der Waals surface area contributed by atoms with Crippen LogP contribution < -0.4 is 4.74 Å². The van der Waals surface area contributed by atoms with Crippen LogP contribution in [0, 0.1) is 6.92 Å². The van der Waals surface area contributed by atoms with Crippen LogP contribution >= 0.6 is 11.6 Å². The molecule has 1 aromatic heterocycles. The van der Waals surface area contributed by atoms with Crippen LogP contribution in [0.4, 0.5) is 4.79 Å². The molecule has 0 bridgehead atoms. The number of hydrogen-bond donors (Lipinski definition) is 0. The van der Waals surface area contributed by atoms with Crippen molar-refractivity contribution in [3.63, 3.8) is 0 Å². The predicted molar refractivity (Wildman–Crippen MR) is 122 cm³/mol. The molecule has 0 radical (unpaired) electrons. The first kappa shape index (κ1) is 22.1. The monoisotopic (exact) mass is 455 g/mol. The second-order valence-electron chi connectivity index (χ2n) is 7.98. The lowest BCUT2D eigenvalue weighted by Crippen LogP contribution is -2.36. The fourth-order valence-electron chi connectivity index (χ4n) is 3.89. The Balaban J connectivity index is 1.58. The van der Waals surface area contributed by atoms with E-state index in [1.165, 1.54) is 5.56 Å². The first-order valence-corrected chi connectivity index (χ1v) is 11.1. The van der Waals surface area contributed by atoms with Crippen LogP contribution in [0.25, 0.3) is 22.8 Å². The molecule has 3 aromatic rings. The lowest BCUT2D eigenvalue weighted by atomic mass is 9.91. The molecule has 0 fully saturated rings. The number of halogens is 1.